The molecule has 1 rings (SSSR count). The number of carbonyl (C=O) groups excluding carboxylic acids is 1. The summed E-state index contributed by atoms with van der Waals surface area (Å²) >= 11 is 0. The molecule has 0 spiro atoms. The Bertz CT molecular complexity index is 581. The molecular formula is C19H31NO4Si. The predicted molar refractivity (Wildman–Crippen MR) is 102 cm³/mol. The maximum atomic E-state index is 12.4. The van der Waals surface area contributed by atoms with Crippen molar-refractivity contribution in [3.63, 3.8) is 0 Å². The third-order valence-corrected chi connectivity index (χ3v) is 9.29. The van der Waals surface area contributed by atoms with Gasteiger partial charge in [-0.25, -0.2) is 0 Å². The molecule has 1 amide bonds. The summed E-state index contributed by atoms with van der Waals surface area (Å²) in [6, 6.07) is 9.54. The van der Waals surface area contributed by atoms with Gasteiger partial charge in [0.1, 0.15) is 0 Å². The number of nitrogens with one attached hydrogen (secondary N) is 1. The number of benzene rings is 1. The average molecular weight is 366 g/mol. The first-order chi connectivity index (χ1) is 11.4. The monoisotopic (exact) mass is 365 g/mol. The van der Waals surface area contributed by atoms with E-state index in [1.165, 1.54) is 0 Å². The molecule has 0 radical (unpaired) electrons. The van der Waals surface area contributed by atoms with E-state index in [4.69, 9.17) is 9.53 Å². The maximum absolute atomic E-state index is 12.4. The second-order valence-electron chi connectivity index (χ2n) is 8.00. The average Bonchev–Trinajstić information content (AvgIpc) is 2.45. The fourth-order valence-electron chi connectivity index (χ4n) is 2.28. The molecule has 0 saturated carbocycles. The minimum atomic E-state index is -2.15. The lowest BCUT2D eigenvalue weighted by molar-refractivity contribution is -0.139. The van der Waals surface area contributed by atoms with Crippen molar-refractivity contribution in [3.8, 4) is 0 Å². The Hall–Kier alpha value is -1.66. The van der Waals surface area contributed by atoms with Crippen LogP contribution >= 0.6 is 0 Å². The molecule has 1 aromatic carbocycles. The van der Waals surface area contributed by atoms with Crippen molar-refractivity contribution in [2.75, 3.05) is 0 Å². The minimum absolute atomic E-state index is 0.0441. The van der Waals surface area contributed by atoms with Gasteiger partial charge in [-0.05, 0) is 30.6 Å². The van der Waals surface area contributed by atoms with Crippen LogP contribution in [0.15, 0.2) is 30.3 Å². The number of aliphatic carboxylic acids is 1. The summed E-state index contributed by atoms with van der Waals surface area (Å²) in [7, 11) is -2.15. The number of carbonyl (C=O) groups is 2. The van der Waals surface area contributed by atoms with E-state index in [1.807, 2.05) is 37.3 Å². The molecule has 2 atom stereocenters. The molecule has 0 bridgehead atoms. The summed E-state index contributed by atoms with van der Waals surface area (Å²) in [5.74, 6) is -1.14. The molecule has 0 unspecified atom stereocenters. The van der Waals surface area contributed by atoms with Gasteiger partial charge in [0.05, 0.1) is 25.0 Å². The Morgan fingerprint density at radius 2 is 1.72 bits per heavy atom. The van der Waals surface area contributed by atoms with Gasteiger partial charge in [0.15, 0.2) is 8.32 Å². The zero-order chi connectivity index (χ0) is 19.3. The molecule has 2 N–H and O–H groups in total. The van der Waals surface area contributed by atoms with Crippen molar-refractivity contribution >= 4 is 20.2 Å². The lowest BCUT2D eigenvalue weighted by Gasteiger charge is -2.39. The predicted octanol–water partition coefficient (Wildman–Crippen LogP) is 4.12. The molecule has 0 aliphatic rings. The Morgan fingerprint density at radius 3 is 2.20 bits per heavy atom. The van der Waals surface area contributed by atoms with Crippen molar-refractivity contribution in [3.05, 3.63) is 35.9 Å². The van der Waals surface area contributed by atoms with Crippen LogP contribution < -0.4 is 5.32 Å². The molecule has 0 aliphatic heterocycles. The van der Waals surface area contributed by atoms with E-state index in [1.54, 1.807) is 0 Å². The van der Waals surface area contributed by atoms with Crippen LogP contribution in [0, 0.1) is 0 Å². The Balaban J connectivity index is 2.74. The summed E-state index contributed by atoms with van der Waals surface area (Å²) in [4.78, 5) is 23.6. The van der Waals surface area contributed by atoms with Crippen LogP contribution in [0.4, 0.5) is 0 Å². The quantitative estimate of drug-likeness (QED) is 0.680. The molecule has 5 nitrogen and oxygen atoms in total. The van der Waals surface area contributed by atoms with E-state index in [9.17, 15) is 9.59 Å². The third-order valence-electron chi connectivity index (χ3n) is 4.76. The number of carboxylic acid groups (broad SMARTS) is 1. The van der Waals surface area contributed by atoms with E-state index in [0.717, 1.165) is 5.56 Å². The van der Waals surface area contributed by atoms with E-state index >= 15 is 0 Å². The first kappa shape index (κ1) is 21.4. The highest BCUT2D eigenvalue weighted by Gasteiger charge is 2.40. The van der Waals surface area contributed by atoms with Gasteiger partial charge in [0, 0.05) is 0 Å². The molecular weight excluding hydrogens is 334 g/mol. The van der Waals surface area contributed by atoms with Gasteiger partial charge in [-0.3, -0.25) is 9.59 Å². The molecule has 0 heterocycles. The number of hydrogen-bond acceptors (Lipinski definition) is 3. The lowest BCUT2D eigenvalue weighted by Crippen LogP contribution is -2.45. The topological polar surface area (TPSA) is 75.6 Å². The number of hydrogen-bond donors (Lipinski definition) is 2. The van der Waals surface area contributed by atoms with Crippen LogP contribution in [0.25, 0.3) is 0 Å². The number of amides is 1. The van der Waals surface area contributed by atoms with Gasteiger partial charge < -0.3 is 14.8 Å². The SMILES string of the molecule is C[C@H](NC(=O)C[C@@H](CC(=O)O)O[Si](C)(C)C(C)(C)C)c1ccccc1. The van der Waals surface area contributed by atoms with Gasteiger partial charge in [-0.2, -0.15) is 0 Å². The standard InChI is InChI=1S/C19H31NO4Si/c1-14(15-10-8-7-9-11-15)20-17(21)12-16(13-18(22)23)24-25(5,6)19(2,3)4/h7-11,14,16H,12-13H2,1-6H3,(H,20,21)(H,22,23)/t14-,16-/m0/s1. The first-order valence-electron chi connectivity index (χ1n) is 8.66. The zero-order valence-corrected chi connectivity index (χ0v) is 17.1. The van der Waals surface area contributed by atoms with Crippen LogP contribution in [0.5, 0.6) is 0 Å². The summed E-state index contributed by atoms with van der Waals surface area (Å²) < 4.78 is 6.17. The van der Waals surface area contributed by atoms with Crippen LogP contribution in [0.2, 0.25) is 18.1 Å². The second kappa shape index (κ2) is 8.63. The van der Waals surface area contributed by atoms with Crippen LogP contribution in [-0.4, -0.2) is 31.4 Å². The van der Waals surface area contributed by atoms with Crippen molar-refractivity contribution in [2.24, 2.45) is 0 Å². The van der Waals surface area contributed by atoms with E-state index in [2.05, 4.69) is 39.2 Å². The molecule has 1 aromatic rings. The molecule has 0 aromatic heterocycles. The smallest absolute Gasteiger partial charge is 0.305 e. The fraction of sp³-hybridized carbons (Fsp3) is 0.579. The van der Waals surface area contributed by atoms with Crippen molar-refractivity contribution in [2.45, 2.75) is 70.8 Å². The Morgan fingerprint density at radius 1 is 1.16 bits per heavy atom. The molecule has 140 valence electrons. The zero-order valence-electron chi connectivity index (χ0n) is 16.1. The van der Waals surface area contributed by atoms with E-state index in [-0.39, 0.29) is 29.8 Å². The highest BCUT2D eigenvalue weighted by Crippen LogP contribution is 2.38. The lowest BCUT2D eigenvalue weighted by atomic mass is 10.1. The first-order valence-corrected chi connectivity index (χ1v) is 11.6. The molecule has 6 heteroatoms. The van der Waals surface area contributed by atoms with Crippen molar-refractivity contribution < 1.29 is 19.1 Å². The van der Waals surface area contributed by atoms with Gasteiger partial charge in [-0.15, -0.1) is 0 Å². The maximum Gasteiger partial charge on any atom is 0.305 e. The minimum Gasteiger partial charge on any atom is -0.481 e. The summed E-state index contributed by atoms with van der Waals surface area (Å²) in [5.41, 5.74) is 1.01. The Labute approximate surface area is 151 Å². The van der Waals surface area contributed by atoms with E-state index in [0.29, 0.717) is 0 Å². The summed E-state index contributed by atoms with van der Waals surface area (Å²) in [5, 5.41) is 12.0. The fourth-order valence-corrected chi connectivity index (χ4v) is 3.63. The van der Waals surface area contributed by atoms with Crippen LogP contribution in [-0.2, 0) is 14.0 Å². The van der Waals surface area contributed by atoms with E-state index < -0.39 is 20.4 Å². The molecule has 0 saturated heterocycles. The molecule has 0 aliphatic carbocycles. The second-order valence-corrected chi connectivity index (χ2v) is 12.8. The van der Waals surface area contributed by atoms with Crippen molar-refractivity contribution in [1.82, 2.24) is 5.32 Å². The van der Waals surface area contributed by atoms with Crippen molar-refractivity contribution in [1.29, 1.82) is 0 Å². The number of rotatable bonds is 8. The molecule has 0 fully saturated rings. The normalized spacial score (nSPS) is 14.6. The Kier molecular flexibility index (Phi) is 7.38. The third kappa shape index (κ3) is 7.00. The van der Waals surface area contributed by atoms with Gasteiger partial charge in [-0.1, -0.05) is 51.1 Å². The molecule has 25 heavy (non-hydrogen) atoms. The van der Waals surface area contributed by atoms with Gasteiger partial charge >= 0.3 is 5.97 Å². The summed E-state index contributed by atoms with van der Waals surface area (Å²) in [6.45, 7) is 12.3. The van der Waals surface area contributed by atoms with Crippen LogP contribution in [0.3, 0.4) is 0 Å². The van der Waals surface area contributed by atoms with Gasteiger partial charge in [0.25, 0.3) is 0 Å². The summed E-state index contributed by atoms with van der Waals surface area (Å²) in [6.07, 6.45) is -0.725. The highest BCUT2D eigenvalue weighted by molar-refractivity contribution is 6.74. The highest BCUT2D eigenvalue weighted by atomic mass is 28.4. The number of carboxylic acids is 1. The largest absolute Gasteiger partial charge is 0.481 e. The van der Waals surface area contributed by atoms with Crippen LogP contribution in [0.1, 0.15) is 52.1 Å². The van der Waals surface area contributed by atoms with Gasteiger partial charge in [0.2, 0.25) is 5.91 Å².